The topological polar surface area (TPSA) is 62.6 Å². The van der Waals surface area contributed by atoms with E-state index in [0.29, 0.717) is 23.7 Å². The summed E-state index contributed by atoms with van der Waals surface area (Å²) in [6.45, 7) is 4.28. The van der Waals surface area contributed by atoms with Crippen LogP contribution in [0.25, 0.3) is 11.3 Å². The van der Waals surface area contributed by atoms with Crippen molar-refractivity contribution >= 4 is 17.6 Å². The Morgan fingerprint density at radius 3 is 2.58 bits per heavy atom. The van der Waals surface area contributed by atoms with E-state index >= 15 is 0 Å². The van der Waals surface area contributed by atoms with Crippen LogP contribution in [0.1, 0.15) is 31.5 Å². The summed E-state index contributed by atoms with van der Waals surface area (Å²) in [6, 6.07) is 17.4. The summed E-state index contributed by atoms with van der Waals surface area (Å²) in [5, 5.41) is 5.42. The SMILES string of the molecule is CC[C@](C)(OCc1cc(-c2cccc(OC)c2)n(Cc2ccccc2Cl)n1)C(=O)OC. The molecule has 0 aliphatic heterocycles. The van der Waals surface area contributed by atoms with E-state index in [2.05, 4.69) is 0 Å². The van der Waals surface area contributed by atoms with Crippen molar-refractivity contribution in [3.63, 3.8) is 0 Å². The summed E-state index contributed by atoms with van der Waals surface area (Å²) >= 11 is 6.38. The van der Waals surface area contributed by atoms with Gasteiger partial charge in [-0.1, -0.05) is 48.9 Å². The van der Waals surface area contributed by atoms with E-state index in [0.717, 1.165) is 22.6 Å². The summed E-state index contributed by atoms with van der Waals surface area (Å²) in [5.74, 6) is 0.351. The van der Waals surface area contributed by atoms with Crippen molar-refractivity contribution in [3.05, 3.63) is 70.9 Å². The molecule has 0 N–H and O–H groups in total. The molecule has 0 aliphatic carbocycles. The molecule has 2 aromatic carbocycles. The lowest BCUT2D eigenvalue weighted by atomic mass is 10.0. The minimum absolute atomic E-state index is 0.173. The van der Waals surface area contributed by atoms with Crippen LogP contribution in [0.3, 0.4) is 0 Å². The van der Waals surface area contributed by atoms with Gasteiger partial charge in [-0.05, 0) is 43.2 Å². The van der Waals surface area contributed by atoms with Crippen LogP contribution in [0.15, 0.2) is 54.6 Å². The number of hydrogen-bond donors (Lipinski definition) is 0. The second kappa shape index (κ2) is 9.98. The van der Waals surface area contributed by atoms with Crippen LogP contribution in [-0.4, -0.2) is 35.6 Å². The first-order chi connectivity index (χ1) is 14.9. The van der Waals surface area contributed by atoms with E-state index in [9.17, 15) is 4.79 Å². The predicted molar refractivity (Wildman–Crippen MR) is 120 cm³/mol. The standard InChI is InChI=1S/C24H27ClN2O4/c1-5-24(2,23(28)30-4)31-16-19-14-22(17-10-8-11-20(13-17)29-3)27(26-19)15-18-9-6-7-12-21(18)25/h6-14H,5,15-16H2,1-4H3/t24-/m0/s1. The Morgan fingerprint density at radius 1 is 1.13 bits per heavy atom. The maximum absolute atomic E-state index is 12.1. The molecule has 0 fully saturated rings. The van der Waals surface area contributed by atoms with Crippen molar-refractivity contribution < 1.29 is 19.0 Å². The smallest absolute Gasteiger partial charge is 0.337 e. The second-order valence-electron chi connectivity index (χ2n) is 7.37. The number of nitrogens with zero attached hydrogens (tertiary/aromatic N) is 2. The maximum Gasteiger partial charge on any atom is 0.337 e. The molecule has 0 spiro atoms. The number of hydrogen-bond acceptors (Lipinski definition) is 5. The van der Waals surface area contributed by atoms with E-state index in [4.69, 9.17) is 30.9 Å². The van der Waals surface area contributed by atoms with Gasteiger partial charge in [0.15, 0.2) is 5.60 Å². The molecule has 7 heteroatoms. The summed E-state index contributed by atoms with van der Waals surface area (Å²) in [5.41, 5.74) is 2.48. The zero-order valence-electron chi connectivity index (χ0n) is 18.2. The van der Waals surface area contributed by atoms with Gasteiger partial charge in [-0.3, -0.25) is 4.68 Å². The van der Waals surface area contributed by atoms with E-state index in [1.54, 1.807) is 14.0 Å². The van der Waals surface area contributed by atoms with E-state index in [1.807, 2.05) is 66.2 Å². The molecule has 3 rings (SSSR count). The van der Waals surface area contributed by atoms with Gasteiger partial charge in [-0.25, -0.2) is 4.79 Å². The minimum atomic E-state index is -1.03. The molecule has 1 atom stereocenters. The Kier molecular flexibility index (Phi) is 7.36. The molecule has 31 heavy (non-hydrogen) atoms. The van der Waals surface area contributed by atoms with Crippen LogP contribution >= 0.6 is 11.6 Å². The highest BCUT2D eigenvalue weighted by Crippen LogP contribution is 2.28. The summed E-state index contributed by atoms with van der Waals surface area (Å²) in [7, 11) is 3.00. The number of ether oxygens (including phenoxy) is 3. The largest absolute Gasteiger partial charge is 0.497 e. The Labute approximate surface area is 187 Å². The monoisotopic (exact) mass is 442 g/mol. The normalized spacial score (nSPS) is 12.9. The van der Waals surface area contributed by atoms with Gasteiger partial charge in [-0.15, -0.1) is 0 Å². The molecule has 1 aromatic heterocycles. The van der Waals surface area contributed by atoms with Crippen molar-refractivity contribution in [1.82, 2.24) is 9.78 Å². The van der Waals surface area contributed by atoms with Crippen LogP contribution in [-0.2, 0) is 27.4 Å². The highest BCUT2D eigenvalue weighted by atomic mass is 35.5. The third kappa shape index (κ3) is 5.27. The van der Waals surface area contributed by atoms with Gasteiger partial charge in [-0.2, -0.15) is 5.10 Å². The highest BCUT2D eigenvalue weighted by Gasteiger charge is 2.33. The fourth-order valence-corrected chi connectivity index (χ4v) is 3.41. The summed E-state index contributed by atoms with van der Waals surface area (Å²) in [6.07, 6.45) is 0.489. The lowest BCUT2D eigenvalue weighted by Crippen LogP contribution is -2.38. The van der Waals surface area contributed by atoms with E-state index in [-0.39, 0.29) is 6.61 Å². The summed E-state index contributed by atoms with van der Waals surface area (Å²) in [4.78, 5) is 12.1. The number of carbonyl (C=O) groups excluding carboxylic acids is 1. The molecule has 3 aromatic rings. The molecular weight excluding hydrogens is 416 g/mol. The van der Waals surface area contributed by atoms with Gasteiger partial charge in [0.1, 0.15) is 5.75 Å². The number of halogens is 1. The number of aromatic nitrogens is 2. The molecule has 0 amide bonds. The number of esters is 1. The zero-order chi connectivity index (χ0) is 22.4. The van der Waals surface area contributed by atoms with Crippen molar-refractivity contribution in [2.24, 2.45) is 0 Å². The molecule has 0 unspecified atom stereocenters. The lowest BCUT2D eigenvalue weighted by Gasteiger charge is -2.24. The van der Waals surface area contributed by atoms with E-state index in [1.165, 1.54) is 7.11 Å². The van der Waals surface area contributed by atoms with Gasteiger partial charge in [0, 0.05) is 10.6 Å². The van der Waals surface area contributed by atoms with E-state index < -0.39 is 11.6 Å². The average Bonchev–Trinajstić information content (AvgIpc) is 3.21. The Hall–Kier alpha value is -2.83. The summed E-state index contributed by atoms with van der Waals surface area (Å²) < 4.78 is 18.1. The second-order valence-corrected chi connectivity index (χ2v) is 7.77. The molecule has 0 aliphatic rings. The fraction of sp³-hybridized carbons (Fsp3) is 0.333. The van der Waals surface area contributed by atoms with Crippen LogP contribution in [0.2, 0.25) is 5.02 Å². The zero-order valence-corrected chi connectivity index (χ0v) is 19.0. The Bertz CT molecular complexity index is 1050. The first-order valence-corrected chi connectivity index (χ1v) is 10.4. The number of benzene rings is 2. The van der Waals surface area contributed by atoms with Crippen molar-refractivity contribution in [1.29, 1.82) is 0 Å². The molecular formula is C24H27ClN2O4. The molecule has 0 radical (unpaired) electrons. The molecule has 0 saturated carbocycles. The quantitative estimate of drug-likeness (QED) is 0.430. The first-order valence-electron chi connectivity index (χ1n) is 10.1. The number of rotatable bonds is 9. The third-order valence-electron chi connectivity index (χ3n) is 5.30. The van der Waals surface area contributed by atoms with Gasteiger partial charge in [0.25, 0.3) is 0 Å². The Balaban J connectivity index is 1.95. The molecule has 1 heterocycles. The van der Waals surface area contributed by atoms with Crippen LogP contribution in [0.5, 0.6) is 5.75 Å². The fourth-order valence-electron chi connectivity index (χ4n) is 3.22. The number of carbonyl (C=O) groups is 1. The lowest BCUT2D eigenvalue weighted by molar-refractivity contribution is -0.169. The van der Waals surface area contributed by atoms with Crippen molar-refractivity contribution in [2.75, 3.05) is 14.2 Å². The van der Waals surface area contributed by atoms with Crippen LogP contribution in [0, 0.1) is 0 Å². The molecule has 6 nitrogen and oxygen atoms in total. The van der Waals surface area contributed by atoms with Gasteiger partial charge < -0.3 is 14.2 Å². The van der Waals surface area contributed by atoms with Gasteiger partial charge in [0.05, 0.1) is 38.8 Å². The Morgan fingerprint density at radius 2 is 1.90 bits per heavy atom. The minimum Gasteiger partial charge on any atom is -0.497 e. The maximum atomic E-state index is 12.1. The van der Waals surface area contributed by atoms with Crippen LogP contribution < -0.4 is 4.74 Å². The molecule has 164 valence electrons. The number of methoxy groups -OCH3 is 2. The van der Waals surface area contributed by atoms with Crippen LogP contribution in [0.4, 0.5) is 0 Å². The highest BCUT2D eigenvalue weighted by molar-refractivity contribution is 6.31. The molecule has 0 bridgehead atoms. The van der Waals surface area contributed by atoms with Gasteiger partial charge >= 0.3 is 5.97 Å². The first kappa shape index (κ1) is 22.8. The predicted octanol–water partition coefficient (Wildman–Crippen LogP) is 5.12. The van der Waals surface area contributed by atoms with Gasteiger partial charge in [0.2, 0.25) is 0 Å². The van der Waals surface area contributed by atoms with Crippen molar-refractivity contribution in [2.45, 2.75) is 39.0 Å². The third-order valence-corrected chi connectivity index (χ3v) is 5.67. The van der Waals surface area contributed by atoms with Crippen molar-refractivity contribution in [3.8, 4) is 17.0 Å². The average molecular weight is 443 g/mol. The molecule has 0 saturated heterocycles.